The minimum atomic E-state index is -0.659. The standard InChI is InChI=1S/C19H23N3O3/c1-3-13(2)16-9-4-5-10-17(16)25-12-18(23)21-14-7-6-8-15(11-14)22-19(20)24/h4-11,13H,3,12H2,1-2H3,(H,21,23)(H3,20,22,24). The van der Waals surface area contributed by atoms with Gasteiger partial charge < -0.3 is 21.1 Å². The van der Waals surface area contributed by atoms with E-state index in [9.17, 15) is 9.59 Å². The Kier molecular flexibility index (Phi) is 6.39. The number of primary amides is 1. The van der Waals surface area contributed by atoms with Crippen LogP contribution in [-0.4, -0.2) is 18.5 Å². The average molecular weight is 341 g/mol. The highest BCUT2D eigenvalue weighted by atomic mass is 16.5. The Balaban J connectivity index is 1.97. The first kappa shape index (κ1) is 18.3. The molecule has 2 aromatic rings. The van der Waals surface area contributed by atoms with Crippen molar-refractivity contribution in [3.8, 4) is 5.75 Å². The van der Waals surface area contributed by atoms with E-state index in [1.165, 1.54) is 0 Å². The summed E-state index contributed by atoms with van der Waals surface area (Å²) in [5.74, 6) is 0.794. The number of hydrogen-bond acceptors (Lipinski definition) is 3. The number of nitrogens with one attached hydrogen (secondary N) is 2. The summed E-state index contributed by atoms with van der Waals surface area (Å²) in [7, 11) is 0. The van der Waals surface area contributed by atoms with E-state index in [0.29, 0.717) is 17.3 Å². The molecule has 25 heavy (non-hydrogen) atoms. The fourth-order valence-corrected chi connectivity index (χ4v) is 2.40. The second-order valence-electron chi connectivity index (χ2n) is 5.75. The molecule has 132 valence electrons. The fraction of sp³-hybridized carbons (Fsp3) is 0.263. The number of carbonyl (C=O) groups is 2. The van der Waals surface area contributed by atoms with Crippen molar-refractivity contribution in [2.75, 3.05) is 17.2 Å². The van der Waals surface area contributed by atoms with Crippen LogP contribution in [0.2, 0.25) is 0 Å². The third-order valence-electron chi connectivity index (χ3n) is 3.83. The van der Waals surface area contributed by atoms with Crippen LogP contribution in [0.1, 0.15) is 31.7 Å². The lowest BCUT2D eigenvalue weighted by Gasteiger charge is -2.15. The van der Waals surface area contributed by atoms with E-state index < -0.39 is 6.03 Å². The van der Waals surface area contributed by atoms with E-state index in [-0.39, 0.29) is 12.5 Å². The third-order valence-corrected chi connectivity index (χ3v) is 3.83. The van der Waals surface area contributed by atoms with Crippen molar-refractivity contribution in [2.45, 2.75) is 26.2 Å². The molecule has 0 aliphatic rings. The van der Waals surface area contributed by atoms with Gasteiger partial charge in [-0.2, -0.15) is 0 Å². The molecule has 0 radical (unpaired) electrons. The maximum absolute atomic E-state index is 12.1. The van der Waals surface area contributed by atoms with E-state index >= 15 is 0 Å². The van der Waals surface area contributed by atoms with Crippen molar-refractivity contribution in [3.63, 3.8) is 0 Å². The summed E-state index contributed by atoms with van der Waals surface area (Å²) in [6.45, 7) is 4.14. The number of nitrogens with two attached hydrogens (primary N) is 1. The molecule has 6 nitrogen and oxygen atoms in total. The van der Waals surface area contributed by atoms with Gasteiger partial charge in [0, 0.05) is 11.4 Å². The smallest absolute Gasteiger partial charge is 0.316 e. The Morgan fingerprint density at radius 1 is 1.08 bits per heavy atom. The topological polar surface area (TPSA) is 93.4 Å². The van der Waals surface area contributed by atoms with Gasteiger partial charge in [0.05, 0.1) is 0 Å². The zero-order valence-electron chi connectivity index (χ0n) is 14.4. The zero-order chi connectivity index (χ0) is 18.2. The first-order valence-corrected chi connectivity index (χ1v) is 8.17. The van der Waals surface area contributed by atoms with E-state index in [0.717, 1.165) is 17.7 Å². The highest BCUT2D eigenvalue weighted by Gasteiger charge is 2.11. The van der Waals surface area contributed by atoms with Crippen LogP contribution in [0.25, 0.3) is 0 Å². The second kappa shape index (κ2) is 8.73. The van der Waals surface area contributed by atoms with Crippen molar-refractivity contribution < 1.29 is 14.3 Å². The summed E-state index contributed by atoms with van der Waals surface area (Å²) in [6.07, 6.45) is 0.992. The number of para-hydroxylation sites is 1. The van der Waals surface area contributed by atoms with Crippen LogP contribution in [0.15, 0.2) is 48.5 Å². The van der Waals surface area contributed by atoms with E-state index in [1.807, 2.05) is 24.3 Å². The van der Waals surface area contributed by atoms with Gasteiger partial charge in [-0.3, -0.25) is 4.79 Å². The molecule has 0 aliphatic carbocycles. The molecule has 2 rings (SSSR count). The predicted octanol–water partition coefficient (Wildman–Crippen LogP) is 3.71. The number of urea groups is 1. The maximum Gasteiger partial charge on any atom is 0.316 e. The van der Waals surface area contributed by atoms with Crippen LogP contribution in [0.3, 0.4) is 0 Å². The van der Waals surface area contributed by atoms with Gasteiger partial charge in [0.25, 0.3) is 5.91 Å². The summed E-state index contributed by atoms with van der Waals surface area (Å²) >= 11 is 0. The lowest BCUT2D eigenvalue weighted by molar-refractivity contribution is -0.118. The SMILES string of the molecule is CCC(C)c1ccccc1OCC(=O)Nc1cccc(NC(N)=O)c1. The molecule has 1 atom stereocenters. The molecule has 0 fully saturated rings. The molecule has 1 unspecified atom stereocenters. The monoisotopic (exact) mass is 341 g/mol. The number of anilines is 2. The first-order chi connectivity index (χ1) is 12.0. The molecule has 0 aliphatic heterocycles. The van der Waals surface area contributed by atoms with Crippen LogP contribution < -0.4 is 21.1 Å². The van der Waals surface area contributed by atoms with Crippen LogP contribution in [0, 0.1) is 0 Å². The number of benzene rings is 2. The van der Waals surface area contributed by atoms with Crippen molar-refractivity contribution >= 4 is 23.3 Å². The first-order valence-electron chi connectivity index (χ1n) is 8.17. The normalized spacial score (nSPS) is 11.4. The quantitative estimate of drug-likeness (QED) is 0.716. The Hall–Kier alpha value is -3.02. The Labute approximate surface area is 147 Å². The van der Waals surface area contributed by atoms with Gasteiger partial charge in [-0.25, -0.2) is 4.79 Å². The predicted molar refractivity (Wildman–Crippen MR) is 98.9 cm³/mol. The molecule has 0 bridgehead atoms. The molecule has 0 saturated carbocycles. The van der Waals surface area contributed by atoms with Crippen molar-refractivity contribution in [1.29, 1.82) is 0 Å². The number of carbonyl (C=O) groups excluding carboxylic acids is 2. The molecule has 0 spiro atoms. The summed E-state index contributed by atoms with van der Waals surface area (Å²) in [4.78, 5) is 23.0. The molecule has 0 heterocycles. The maximum atomic E-state index is 12.1. The molecule has 0 saturated heterocycles. The average Bonchev–Trinajstić information content (AvgIpc) is 2.59. The van der Waals surface area contributed by atoms with Gasteiger partial charge in [0.1, 0.15) is 5.75 Å². The van der Waals surface area contributed by atoms with Gasteiger partial charge in [0.2, 0.25) is 0 Å². The number of ether oxygens (including phenoxy) is 1. The van der Waals surface area contributed by atoms with Gasteiger partial charge in [-0.15, -0.1) is 0 Å². The van der Waals surface area contributed by atoms with Gasteiger partial charge in [-0.05, 0) is 42.2 Å². The molecule has 4 N–H and O–H groups in total. The minimum absolute atomic E-state index is 0.0963. The largest absolute Gasteiger partial charge is 0.483 e. The Bertz CT molecular complexity index is 746. The van der Waals surface area contributed by atoms with Gasteiger partial charge in [0.15, 0.2) is 6.61 Å². The number of hydrogen-bond donors (Lipinski definition) is 3. The van der Waals surface area contributed by atoms with Gasteiger partial charge >= 0.3 is 6.03 Å². The Morgan fingerprint density at radius 2 is 1.76 bits per heavy atom. The van der Waals surface area contributed by atoms with Crippen LogP contribution >= 0.6 is 0 Å². The van der Waals surface area contributed by atoms with Gasteiger partial charge in [-0.1, -0.05) is 38.1 Å². The van der Waals surface area contributed by atoms with Crippen molar-refractivity contribution in [1.82, 2.24) is 0 Å². The molecule has 2 aromatic carbocycles. The fourth-order valence-electron chi connectivity index (χ4n) is 2.40. The van der Waals surface area contributed by atoms with E-state index in [2.05, 4.69) is 24.5 Å². The summed E-state index contributed by atoms with van der Waals surface area (Å²) in [5, 5.41) is 5.19. The molecular formula is C19H23N3O3. The highest BCUT2D eigenvalue weighted by molar-refractivity contribution is 5.93. The van der Waals surface area contributed by atoms with Crippen molar-refractivity contribution in [3.05, 3.63) is 54.1 Å². The third kappa shape index (κ3) is 5.53. The number of amides is 3. The lowest BCUT2D eigenvalue weighted by Crippen LogP contribution is -2.21. The molecule has 3 amide bonds. The summed E-state index contributed by atoms with van der Waals surface area (Å²) in [6, 6.07) is 13.8. The molecular weight excluding hydrogens is 318 g/mol. The van der Waals surface area contributed by atoms with E-state index in [4.69, 9.17) is 10.5 Å². The second-order valence-corrected chi connectivity index (χ2v) is 5.75. The van der Waals surface area contributed by atoms with Crippen molar-refractivity contribution in [2.24, 2.45) is 5.73 Å². The van der Waals surface area contributed by atoms with E-state index in [1.54, 1.807) is 24.3 Å². The summed E-state index contributed by atoms with van der Waals surface area (Å²) < 4.78 is 5.69. The Morgan fingerprint density at radius 3 is 2.44 bits per heavy atom. The lowest BCUT2D eigenvalue weighted by atomic mass is 9.98. The highest BCUT2D eigenvalue weighted by Crippen LogP contribution is 2.28. The van der Waals surface area contributed by atoms with Crippen LogP contribution in [0.5, 0.6) is 5.75 Å². The molecule has 0 aromatic heterocycles. The summed E-state index contributed by atoms with van der Waals surface area (Å²) in [5.41, 5.74) is 7.23. The minimum Gasteiger partial charge on any atom is -0.483 e. The van der Waals surface area contributed by atoms with Crippen LogP contribution in [0.4, 0.5) is 16.2 Å². The number of rotatable bonds is 7. The zero-order valence-corrected chi connectivity index (χ0v) is 14.4. The van der Waals surface area contributed by atoms with Crippen LogP contribution in [-0.2, 0) is 4.79 Å². The molecule has 6 heteroatoms.